The van der Waals surface area contributed by atoms with Gasteiger partial charge in [0, 0.05) is 76.6 Å². The molecule has 2 aromatic carbocycles. The number of piperidine rings is 2. The highest BCUT2D eigenvalue weighted by Crippen LogP contribution is 2.38. The van der Waals surface area contributed by atoms with Crippen molar-refractivity contribution >= 4 is 69.7 Å². The van der Waals surface area contributed by atoms with Gasteiger partial charge >= 0.3 is 5.92 Å². The van der Waals surface area contributed by atoms with E-state index in [0.29, 0.717) is 40.8 Å². The molecule has 59 heavy (non-hydrogen) atoms. The number of anilines is 6. The highest BCUT2D eigenvalue weighted by Gasteiger charge is 2.47. The van der Waals surface area contributed by atoms with Crippen molar-refractivity contribution in [3.05, 3.63) is 53.2 Å². The van der Waals surface area contributed by atoms with E-state index in [1.165, 1.54) is 25.3 Å². The van der Waals surface area contributed by atoms with Gasteiger partial charge in [-0.25, -0.2) is 9.99 Å². The van der Waals surface area contributed by atoms with Crippen molar-refractivity contribution in [3.63, 3.8) is 0 Å². The molecule has 0 radical (unpaired) electrons. The van der Waals surface area contributed by atoms with E-state index in [4.69, 9.17) is 16.3 Å². The molecule has 3 aromatic rings. The zero-order valence-corrected chi connectivity index (χ0v) is 34.3. The summed E-state index contributed by atoms with van der Waals surface area (Å²) in [4.78, 5) is 65.3. The third-order valence-electron chi connectivity index (χ3n) is 11.3. The number of methoxy groups -OCH3 is 1. The molecule has 3 fully saturated rings. The quantitative estimate of drug-likeness (QED) is 0.204. The van der Waals surface area contributed by atoms with Gasteiger partial charge in [-0.2, -0.15) is 13.8 Å². The van der Waals surface area contributed by atoms with E-state index in [1.54, 1.807) is 32.0 Å². The number of fused-ring (bicyclic) bond motifs is 1. The third kappa shape index (κ3) is 9.44. The molecule has 4 aliphatic heterocycles. The average Bonchev–Trinajstić information content (AvgIpc) is 3.28. The number of hydrogen-bond donors (Lipinski definition) is 4. The minimum Gasteiger partial charge on any atom is -0.495 e. The van der Waals surface area contributed by atoms with E-state index >= 15 is 0 Å². The number of aromatic nitrogens is 2. The maximum atomic E-state index is 14.7. The number of halogens is 3. The molecule has 7 rings (SSSR count). The Kier molecular flexibility index (Phi) is 12.4. The van der Waals surface area contributed by atoms with Crippen LogP contribution in [0.4, 0.5) is 43.3 Å². The number of nitrogens with zero attached hydrogens (tertiary/aromatic N) is 7. The first-order valence-corrected chi connectivity index (χ1v) is 20.2. The molecule has 0 saturated carbocycles. The van der Waals surface area contributed by atoms with Crippen LogP contribution < -0.4 is 40.8 Å². The first kappa shape index (κ1) is 41.8. The van der Waals surface area contributed by atoms with Crippen molar-refractivity contribution in [2.24, 2.45) is 5.92 Å². The normalized spacial score (nSPS) is 20.6. The van der Waals surface area contributed by atoms with Crippen LogP contribution in [-0.2, 0) is 14.4 Å². The lowest BCUT2D eigenvalue weighted by atomic mass is 9.96. The van der Waals surface area contributed by atoms with Crippen molar-refractivity contribution in [1.29, 1.82) is 0 Å². The number of piperazine rings is 1. The lowest BCUT2D eigenvalue weighted by Crippen LogP contribution is -2.51. The molecule has 4 aliphatic rings. The van der Waals surface area contributed by atoms with Gasteiger partial charge < -0.3 is 30.1 Å². The molecule has 3 saturated heterocycles. The summed E-state index contributed by atoms with van der Waals surface area (Å²) in [6.45, 7) is 8.59. The number of carbonyl (C=O) groups excluding carboxylic acids is 4. The summed E-state index contributed by atoms with van der Waals surface area (Å²) in [6, 6.07) is 9.82. The van der Waals surface area contributed by atoms with Crippen LogP contribution in [0.1, 0.15) is 49.9 Å². The van der Waals surface area contributed by atoms with Gasteiger partial charge in [0.2, 0.25) is 17.8 Å². The Balaban J connectivity index is 0.878. The van der Waals surface area contributed by atoms with E-state index < -0.39 is 24.4 Å². The predicted molar refractivity (Wildman–Crippen MR) is 221 cm³/mol. The number of imide groups is 1. The predicted octanol–water partition coefficient (Wildman–Crippen LogP) is 4.10. The number of amides is 4. The fourth-order valence-corrected chi connectivity index (χ4v) is 8.23. The maximum Gasteiger partial charge on any atom is 0.342 e. The molecular weight excluding hydrogens is 788 g/mol. The SMILES string of the molecule is COc1cc(C(=O)NN2CCC(CN3CCN(c4ccc(NC5CCC(=O)NC5=O)cc4Cl)CC3)CC2)ccc1Nc1ncc2c(n1)N(C(C)C)CC(F)(F)C(=O)N2C. The van der Waals surface area contributed by atoms with Gasteiger partial charge in [-0.3, -0.25) is 34.8 Å². The van der Waals surface area contributed by atoms with Crippen molar-refractivity contribution in [2.75, 3.05) is 91.8 Å². The molecule has 5 heterocycles. The first-order valence-electron chi connectivity index (χ1n) is 19.9. The van der Waals surface area contributed by atoms with Crippen LogP contribution >= 0.6 is 11.6 Å². The van der Waals surface area contributed by atoms with Gasteiger partial charge in [0.05, 0.1) is 36.2 Å². The number of hydrazine groups is 1. The van der Waals surface area contributed by atoms with Gasteiger partial charge in [0.1, 0.15) is 17.5 Å². The van der Waals surface area contributed by atoms with E-state index in [1.807, 2.05) is 23.2 Å². The summed E-state index contributed by atoms with van der Waals surface area (Å²) >= 11 is 6.70. The van der Waals surface area contributed by atoms with Crippen LogP contribution in [0.3, 0.4) is 0 Å². The largest absolute Gasteiger partial charge is 0.495 e. The minimum atomic E-state index is -3.60. The summed E-state index contributed by atoms with van der Waals surface area (Å²) in [7, 11) is 2.76. The topological polar surface area (TPSA) is 168 Å². The Morgan fingerprint density at radius 3 is 2.44 bits per heavy atom. The Labute approximate surface area is 346 Å². The standard InChI is InChI=1S/C40H50ClF2N11O5/c1-24(2)54-23-40(42,43)38(58)50(3)32-21-44-39(48-35(32)54)46-29-7-5-26(19-33(29)59-4)36(56)49-53-13-11-25(12-14-53)22-51-15-17-52(18-16-51)31-9-6-27(20-28(31)41)45-30-8-10-34(55)47-37(30)57/h5-7,9,19-21,24-25,30,45H,8,10-18,22-23H2,1-4H3,(H,49,56)(H,44,46,48)(H,47,55,57). The van der Waals surface area contributed by atoms with E-state index in [-0.39, 0.29) is 41.2 Å². The summed E-state index contributed by atoms with van der Waals surface area (Å²) in [5.74, 6) is -4.61. The first-order chi connectivity index (χ1) is 28.2. The second-order valence-corrected chi connectivity index (χ2v) is 16.1. The number of alkyl halides is 2. The molecule has 4 amide bonds. The van der Waals surface area contributed by atoms with Crippen LogP contribution in [0.5, 0.6) is 5.75 Å². The van der Waals surface area contributed by atoms with E-state index in [0.717, 1.165) is 74.9 Å². The Bertz CT molecular complexity index is 2080. The summed E-state index contributed by atoms with van der Waals surface area (Å²) in [5, 5.41) is 11.2. The van der Waals surface area contributed by atoms with E-state index in [2.05, 4.69) is 41.1 Å². The molecule has 4 N–H and O–H groups in total. The molecule has 19 heteroatoms. The second-order valence-electron chi connectivity index (χ2n) is 15.7. The van der Waals surface area contributed by atoms with Gasteiger partial charge in [0.25, 0.3) is 11.8 Å². The fourth-order valence-electron chi connectivity index (χ4n) is 7.93. The lowest BCUT2D eigenvalue weighted by molar-refractivity contribution is -0.140. The highest BCUT2D eigenvalue weighted by atomic mass is 35.5. The highest BCUT2D eigenvalue weighted by molar-refractivity contribution is 6.33. The van der Waals surface area contributed by atoms with Gasteiger partial charge in [-0.15, -0.1) is 0 Å². The molecule has 0 aliphatic carbocycles. The van der Waals surface area contributed by atoms with Gasteiger partial charge in [-0.1, -0.05) is 11.6 Å². The minimum absolute atomic E-state index is 0.109. The summed E-state index contributed by atoms with van der Waals surface area (Å²) in [6.07, 6.45) is 3.97. The number of nitrogens with one attached hydrogen (secondary N) is 4. The molecule has 1 unspecified atom stereocenters. The van der Waals surface area contributed by atoms with Crippen LogP contribution in [0.25, 0.3) is 0 Å². The monoisotopic (exact) mass is 837 g/mol. The Morgan fingerprint density at radius 2 is 1.76 bits per heavy atom. The number of carbonyl (C=O) groups is 4. The number of benzene rings is 2. The number of hydrogen-bond acceptors (Lipinski definition) is 13. The van der Waals surface area contributed by atoms with Crippen molar-refractivity contribution in [3.8, 4) is 5.75 Å². The third-order valence-corrected chi connectivity index (χ3v) is 11.6. The lowest BCUT2D eigenvalue weighted by Gasteiger charge is -2.39. The molecule has 316 valence electrons. The Morgan fingerprint density at radius 1 is 1.02 bits per heavy atom. The number of rotatable bonds is 11. The van der Waals surface area contributed by atoms with Crippen LogP contribution in [0, 0.1) is 5.92 Å². The van der Waals surface area contributed by atoms with Gasteiger partial charge in [-0.05, 0) is 75.4 Å². The van der Waals surface area contributed by atoms with Crippen LogP contribution in [0.15, 0.2) is 42.6 Å². The number of ether oxygens (including phenoxy) is 1. The molecular formula is C40H50ClF2N11O5. The van der Waals surface area contributed by atoms with Crippen LogP contribution in [0.2, 0.25) is 5.02 Å². The fraction of sp³-hybridized carbons (Fsp3) is 0.500. The molecule has 0 spiro atoms. The van der Waals surface area contributed by atoms with Crippen molar-refractivity contribution < 1.29 is 32.7 Å². The molecule has 1 aromatic heterocycles. The molecule has 1 atom stereocenters. The van der Waals surface area contributed by atoms with Crippen molar-refractivity contribution in [2.45, 2.75) is 57.5 Å². The average molecular weight is 838 g/mol. The van der Waals surface area contributed by atoms with Crippen LogP contribution in [-0.4, -0.2) is 128 Å². The second kappa shape index (κ2) is 17.5. The molecule has 16 nitrogen and oxygen atoms in total. The Hall–Kier alpha value is -5.33. The summed E-state index contributed by atoms with van der Waals surface area (Å²) in [5.41, 5.74) is 5.75. The van der Waals surface area contributed by atoms with E-state index in [9.17, 15) is 28.0 Å². The van der Waals surface area contributed by atoms with Crippen molar-refractivity contribution in [1.82, 2.24) is 30.6 Å². The zero-order valence-electron chi connectivity index (χ0n) is 33.6. The van der Waals surface area contributed by atoms with Gasteiger partial charge in [0.15, 0.2) is 5.82 Å². The maximum absolute atomic E-state index is 14.7. The summed E-state index contributed by atoms with van der Waals surface area (Å²) < 4.78 is 35.1. The smallest absolute Gasteiger partial charge is 0.342 e. The zero-order chi connectivity index (χ0) is 42.0. The molecule has 0 bridgehead atoms.